The molecule has 0 radical (unpaired) electrons. The molecule has 0 N–H and O–H groups in total. The van der Waals surface area contributed by atoms with Crippen LogP contribution in [0.25, 0.3) is 0 Å². The molecule has 0 aromatic rings. The molecule has 2 aliphatic rings. The Morgan fingerprint density at radius 2 is 0.333 bits per heavy atom. The molecule has 0 spiro atoms. The van der Waals surface area contributed by atoms with Gasteiger partial charge in [-0.3, -0.25) is 70.2 Å². The monoisotopic (exact) mass is 650 g/mol. The lowest BCUT2D eigenvalue weighted by Gasteiger charge is -2.81. The molecule has 0 amide bonds. The highest BCUT2D eigenvalue weighted by Crippen LogP contribution is 2.84. The quantitative estimate of drug-likeness (QED) is 0.151. The first-order valence-electron chi connectivity index (χ1n) is 12.9. The van der Waals surface area contributed by atoms with Gasteiger partial charge in [-0.15, -0.1) is 0 Å². The Balaban J connectivity index is 3.63. The highest BCUT2D eigenvalue weighted by Gasteiger charge is 2.91. The third-order valence-corrected chi connectivity index (χ3v) is 12.1. The van der Waals surface area contributed by atoms with Crippen LogP contribution in [0.3, 0.4) is 0 Å². The van der Waals surface area contributed by atoms with Crippen molar-refractivity contribution in [1.29, 1.82) is 0 Å². The van der Waals surface area contributed by atoms with Crippen molar-refractivity contribution in [1.82, 2.24) is 0 Å². The standard InChI is InChI=1S/C26H34F16/c27-1-19(2-28)17-18(21(5-31,6-32)24(11-37,12-38)23(19,9-35)10-36)22(7-33,8-34)26(15-41,16-42)25(13-39,14-40)20(17,3-29)4-30/h17-18H,1-16H2. The summed E-state index contributed by atoms with van der Waals surface area (Å²) in [5.74, 6) is -6.60. The minimum atomic E-state index is -3.95. The molecular weight excluding hydrogens is 616 g/mol. The summed E-state index contributed by atoms with van der Waals surface area (Å²) in [6.45, 7) is -41.4. The molecule has 16 heteroatoms. The Hall–Kier alpha value is -1.12. The van der Waals surface area contributed by atoms with E-state index in [1.54, 1.807) is 0 Å². The minimum Gasteiger partial charge on any atom is -0.250 e. The Bertz CT molecular complexity index is 712. The van der Waals surface area contributed by atoms with E-state index in [-0.39, 0.29) is 0 Å². The number of halogens is 16. The molecule has 0 heterocycles. The fourth-order valence-electron chi connectivity index (χ4n) is 9.49. The first-order valence-corrected chi connectivity index (χ1v) is 12.9. The van der Waals surface area contributed by atoms with Crippen molar-refractivity contribution >= 4 is 0 Å². The molecule has 2 fully saturated rings. The molecule has 0 saturated heterocycles. The lowest BCUT2D eigenvalue weighted by molar-refractivity contribution is -0.408. The van der Waals surface area contributed by atoms with Crippen LogP contribution in [-0.4, -0.2) is 107 Å². The average molecular weight is 651 g/mol. The van der Waals surface area contributed by atoms with Gasteiger partial charge in [-0.25, -0.2) is 0 Å². The molecule has 42 heavy (non-hydrogen) atoms. The molecule has 2 rings (SSSR count). The van der Waals surface area contributed by atoms with E-state index in [0.717, 1.165) is 0 Å². The second-order valence-corrected chi connectivity index (χ2v) is 12.0. The predicted octanol–water partition coefficient (Wildman–Crippen LogP) is 7.65. The number of hydrogen-bond acceptors (Lipinski definition) is 0. The van der Waals surface area contributed by atoms with Gasteiger partial charge in [-0.05, 0) is 11.8 Å². The van der Waals surface area contributed by atoms with E-state index in [1.165, 1.54) is 0 Å². The van der Waals surface area contributed by atoms with Crippen molar-refractivity contribution in [3.05, 3.63) is 0 Å². The summed E-state index contributed by atoms with van der Waals surface area (Å²) in [6, 6.07) is 0. The molecule has 2 saturated carbocycles. The fraction of sp³-hybridized carbons (Fsp3) is 1.00. The van der Waals surface area contributed by atoms with E-state index >= 15 is 70.2 Å². The van der Waals surface area contributed by atoms with Crippen molar-refractivity contribution in [3.8, 4) is 0 Å². The lowest BCUT2D eigenvalue weighted by atomic mass is 9.21. The summed E-state index contributed by atoms with van der Waals surface area (Å²) in [4.78, 5) is 0. The van der Waals surface area contributed by atoms with Gasteiger partial charge in [0, 0.05) is 43.3 Å². The van der Waals surface area contributed by atoms with E-state index in [0.29, 0.717) is 0 Å². The summed E-state index contributed by atoms with van der Waals surface area (Å²) < 4.78 is 244. The smallest absolute Gasteiger partial charge is 0.0990 e. The number of rotatable bonds is 16. The van der Waals surface area contributed by atoms with Crippen molar-refractivity contribution < 1.29 is 70.2 Å². The van der Waals surface area contributed by atoms with Crippen LogP contribution >= 0.6 is 0 Å². The molecule has 0 unspecified atom stereocenters. The number of hydrogen-bond donors (Lipinski definition) is 0. The van der Waals surface area contributed by atoms with Gasteiger partial charge >= 0.3 is 0 Å². The van der Waals surface area contributed by atoms with Gasteiger partial charge in [0.2, 0.25) is 0 Å². The third-order valence-electron chi connectivity index (χ3n) is 12.1. The van der Waals surface area contributed by atoms with Crippen LogP contribution in [0, 0.1) is 55.2 Å². The number of alkyl halides is 16. The van der Waals surface area contributed by atoms with E-state index in [2.05, 4.69) is 0 Å². The van der Waals surface area contributed by atoms with E-state index in [4.69, 9.17) is 0 Å². The Labute approximate surface area is 232 Å². The summed E-state index contributed by atoms with van der Waals surface area (Å²) in [6.07, 6.45) is 0. The Kier molecular flexibility index (Phi) is 11.2. The first kappa shape index (κ1) is 37.1. The van der Waals surface area contributed by atoms with Crippen LogP contribution in [0.4, 0.5) is 70.2 Å². The normalized spacial score (nSPS) is 29.1. The van der Waals surface area contributed by atoms with Gasteiger partial charge in [0.15, 0.2) is 0 Å². The molecule has 0 atom stereocenters. The molecule has 0 aromatic heterocycles. The second kappa shape index (κ2) is 12.7. The first-order chi connectivity index (χ1) is 20.0. The van der Waals surface area contributed by atoms with Crippen LogP contribution in [-0.2, 0) is 0 Å². The summed E-state index contributed by atoms with van der Waals surface area (Å²) in [5.41, 5.74) is -31.5. The topological polar surface area (TPSA) is 0 Å². The molecular formula is C26H34F16. The third kappa shape index (κ3) is 3.36. The van der Waals surface area contributed by atoms with Crippen LogP contribution in [0.1, 0.15) is 0 Å². The lowest BCUT2D eigenvalue weighted by Crippen LogP contribution is -2.88. The highest BCUT2D eigenvalue weighted by molar-refractivity contribution is 5.34. The summed E-state index contributed by atoms with van der Waals surface area (Å²) in [7, 11) is 0. The zero-order valence-corrected chi connectivity index (χ0v) is 22.5. The molecule has 0 nitrogen and oxygen atoms in total. The van der Waals surface area contributed by atoms with E-state index in [1.807, 2.05) is 0 Å². The van der Waals surface area contributed by atoms with Gasteiger partial charge in [0.05, 0.1) is 107 Å². The van der Waals surface area contributed by atoms with Crippen molar-refractivity contribution in [3.63, 3.8) is 0 Å². The molecule has 250 valence electrons. The predicted molar refractivity (Wildman–Crippen MR) is 122 cm³/mol. The second-order valence-electron chi connectivity index (χ2n) is 12.0. The Morgan fingerprint density at radius 1 is 0.214 bits per heavy atom. The van der Waals surface area contributed by atoms with Gasteiger partial charge in [0.1, 0.15) is 0 Å². The van der Waals surface area contributed by atoms with Gasteiger partial charge in [0.25, 0.3) is 0 Å². The van der Waals surface area contributed by atoms with Crippen molar-refractivity contribution in [2.24, 2.45) is 55.2 Å². The van der Waals surface area contributed by atoms with Crippen molar-refractivity contribution in [2.45, 2.75) is 0 Å². The Morgan fingerprint density at radius 3 is 0.405 bits per heavy atom. The maximum atomic E-state index is 15.4. The van der Waals surface area contributed by atoms with Crippen LogP contribution in [0.2, 0.25) is 0 Å². The van der Waals surface area contributed by atoms with Crippen LogP contribution in [0.15, 0.2) is 0 Å². The molecule has 0 bridgehead atoms. The average Bonchev–Trinajstić information content (AvgIpc) is 3.05. The minimum absolute atomic E-state index is 2.58. The molecule has 0 aliphatic heterocycles. The summed E-state index contributed by atoms with van der Waals surface area (Å²) in [5, 5.41) is 0. The zero-order valence-electron chi connectivity index (χ0n) is 22.5. The maximum absolute atomic E-state index is 15.4. The van der Waals surface area contributed by atoms with Crippen molar-refractivity contribution in [2.75, 3.05) is 107 Å². The number of fused-ring (bicyclic) bond motifs is 1. The largest absolute Gasteiger partial charge is 0.250 e. The van der Waals surface area contributed by atoms with E-state index < -0.39 is 162 Å². The van der Waals surface area contributed by atoms with Gasteiger partial charge in [-0.2, -0.15) is 0 Å². The molecule has 0 aromatic carbocycles. The highest BCUT2D eigenvalue weighted by atomic mass is 19.2. The van der Waals surface area contributed by atoms with Crippen LogP contribution in [0.5, 0.6) is 0 Å². The van der Waals surface area contributed by atoms with Crippen LogP contribution < -0.4 is 0 Å². The van der Waals surface area contributed by atoms with Gasteiger partial charge in [-0.1, -0.05) is 0 Å². The maximum Gasteiger partial charge on any atom is 0.0990 e. The van der Waals surface area contributed by atoms with Gasteiger partial charge < -0.3 is 0 Å². The van der Waals surface area contributed by atoms with E-state index in [9.17, 15) is 0 Å². The summed E-state index contributed by atoms with van der Waals surface area (Å²) >= 11 is 0. The zero-order chi connectivity index (χ0) is 32.5. The fourth-order valence-corrected chi connectivity index (χ4v) is 9.49. The molecule has 2 aliphatic carbocycles. The SMILES string of the molecule is FCC1(CF)C2C(C(CF)(CF)C(CF)(CF)C1(CF)CF)C(CF)(CF)C(CF)(CF)C(CF)(CF)C2(CF)CF.